The fourth-order valence-electron chi connectivity index (χ4n) is 5.74. The number of H-pyrrole nitrogens is 1. The number of fused-ring (bicyclic) bond motifs is 1. The van der Waals surface area contributed by atoms with Gasteiger partial charge in [-0.2, -0.15) is 0 Å². The molecule has 1 aromatic heterocycles. The van der Waals surface area contributed by atoms with Gasteiger partial charge in [0.15, 0.2) is 21.3 Å². The van der Waals surface area contributed by atoms with E-state index < -0.39 is 28.0 Å². The molecule has 0 spiro atoms. The lowest BCUT2D eigenvalue weighted by Gasteiger charge is -2.31. The van der Waals surface area contributed by atoms with Crippen LogP contribution in [0.25, 0.3) is 10.9 Å². The number of hydrogen-bond donors (Lipinski definition) is 3. The van der Waals surface area contributed by atoms with E-state index in [0.717, 1.165) is 6.26 Å². The molecule has 0 bridgehead atoms. The molecule has 1 aliphatic heterocycles. The summed E-state index contributed by atoms with van der Waals surface area (Å²) in [5.41, 5.74) is 1.95. The number of amides is 2. The van der Waals surface area contributed by atoms with Gasteiger partial charge in [0.25, 0.3) is 5.56 Å². The van der Waals surface area contributed by atoms with Crippen LogP contribution in [0.3, 0.4) is 0 Å². The molecule has 242 valence electrons. The zero-order valence-electron chi connectivity index (χ0n) is 26.0. The molecule has 0 radical (unpaired) electrons. The number of rotatable bonds is 9. The number of nitrogens with zero attached hydrogens (tertiary/aromatic N) is 2. The summed E-state index contributed by atoms with van der Waals surface area (Å²) in [6, 6.07) is 13.1. The van der Waals surface area contributed by atoms with Crippen molar-refractivity contribution in [1.29, 1.82) is 0 Å². The highest BCUT2D eigenvalue weighted by Crippen LogP contribution is 2.40. The van der Waals surface area contributed by atoms with Gasteiger partial charge >= 0.3 is 6.09 Å². The molecule has 0 saturated carbocycles. The molecule has 1 aliphatic rings. The Balaban J connectivity index is 1.59. The van der Waals surface area contributed by atoms with Gasteiger partial charge in [0.2, 0.25) is 5.91 Å². The molecule has 46 heavy (non-hydrogen) atoms. The topological polar surface area (TPSA) is 169 Å². The van der Waals surface area contributed by atoms with Crippen molar-refractivity contribution in [2.24, 2.45) is 0 Å². The average Bonchev–Trinajstić information content (AvgIpc) is 3.52. The SMILES string of the molecule is COC(=O)Nc1ccc(S(C)(=O)=O)c([C@H]2CCCN2C(=O)[C@H](Nc2ccc3nc(C)[nH]c(=O)c3c2)c2ccc(OC)c(OC)c2)c1. The van der Waals surface area contributed by atoms with Crippen molar-refractivity contribution in [3.05, 3.63) is 81.9 Å². The predicted molar refractivity (Wildman–Crippen MR) is 172 cm³/mol. The monoisotopic (exact) mass is 649 g/mol. The molecular formula is C32H35N5O8S. The molecule has 5 rings (SSSR count). The van der Waals surface area contributed by atoms with Gasteiger partial charge in [0.1, 0.15) is 11.9 Å². The highest BCUT2D eigenvalue weighted by atomic mass is 32.2. The summed E-state index contributed by atoms with van der Waals surface area (Å²) in [5, 5.41) is 6.22. The van der Waals surface area contributed by atoms with E-state index in [-0.39, 0.29) is 16.4 Å². The van der Waals surface area contributed by atoms with E-state index in [1.807, 2.05) is 0 Å². The van der Waals surface area contributed by atoms with Crippen molar-refractivity contribution in [2.75, 3.05) is 44.8 Å². The summed E-state index contributed by atoms with van der Waals surface area (Å²) in [7, 11) is 0.529. The Morgan fingerprint density at radius 1 is 1.00 bits per heavy atom. The first-order chi connectivity index (χ1) is 21.9. The zero-order valence-corrected chi connectivity index (χ0v) is 26.9. The van der Waals surface area contributed by atoms with Crippen molar-refractivity contribution in [2.45, 2.75) is 36.7 Å². The molecule has 0 unspecified atom stereocenters. The second-order valence-corrected chi connectivity index (χ2v) is 12.9. The van der Waals surface area contributed by atoms with E-state index in [1.54, 1.807) is 54.3 Å². The standard InChI is InChI=1S/C32H35N5O8S/c1-18-33-24-11-9-20(16-22(24)30(38)34-18)35-29(19-8-12-26(43-2)27(15-19)44-3)31(39)37-14-6-7-25(37)23-17-21(36-32(40)45-4)10-13-28(23)46(5,41)42/h8-13,15-17,25,29,35H,6-7,14H2,1-5H3,(H,36,40)(H,33,34,38)/t25-,29-/m1/s1. The minimum absolute atomic E-state index is 0.0554. The lowest BCUT2D eigenvalue weighted by atomic mass is 10.0. The quantitative estimate of drug-likeness (QED) is 0.237. The lowest BCUT2D eigenvalue weighted by Crippen LogP contribution is -2.38. The van der Waals surface area contributed by atoms with E-state index in [1.165, 1.54) is 33.5 Å². The molecule has 3 aromatic carbocycles. The van der Waals surface area contributed by atoms with Crippen LogP contribution >= 0.6 is 0 Å². The molecule has 4 aromatic rings. The van der Waals surface area contributed by atoms with E-state index in [4.69, 9.17) is 14.2 Å². The van der Waals surface area contributed by atoms with Gasteiger partial charge in [0.05, 0.1) is 43.2 Å². The van der Waals surface area contributed by atoms with Gasteiger partial charge in [-0.05, 0) is 79.4 Å². The van der Waals surface area contributed by atoms with Gasteiger partial charge in [0, 0.05) is 24.2 Å². The molecule has 1 saturated heterocycles. The second kappa shape index (κ2) is 13.1. The van der Waals surface area contributed by atoms with Crippen LogP contribution in [0.15, 0.2) is 64.3 Å². The Hall–Kier alpha value is -5.11. The molecule has 3 N–H and O–H groups in total. The predicted octanol–water partition coefficient (Wildman–Crippen LogP) is 4.35. The maximum atomic E-state index is 14.6. The third kappa shape index (κ3) is 6.61. The number of hydrogen-bond acceptors (Lipinski definition) is 10. The van der Waals surface area contributed by atoms with Crippen molar-refractivity contribution >= 4 is 44.1 Å². The molecule has 1 fully saturated rings. The van der Waals surface area contributed by atoms with Crippen LogP contribution in [0.2, 0.25) is 0 Å². The van der Waals surface area contributed by atoms with Crippen molar-refractivity contribution in [3.63, 3.8) is 0 Å². The Morgan fingerprint density at radius 2 is 1.74 bits per heavy atom. The van der Waals surface area contributed by atoms with Crippen LogP contribution in [0.5, 0.6) is 11.5 Å². The number of aromatic amines is 1. The first-order valence-electron chi connectivity index (χ1n) is 14.4. The number of methoxy groups -OCH3 is 3. The zero-order chi connectivity index (χ0) is 33.2. The summed E-state index contributed by atoms with van der Waals surface area (Å²) in [6.45, 7) is 2.05. The molecule has 14 heteroatoms. The Morgan fingerprint density at radius 3 is 2.43 bits per heavy atom. The molecule has 2 heterocycles. The summed E-state index contributed by atoms with van der Waals surface area (Å²) in [6.07, 6.45) is 1.50. The minimum atomic E-state index is -3.70. The van der Waals surface area contributed by atoms with Crippen LogP contribution in [-0.4, -0.2) is 69.4 Å². The number of aromatic nitrogens is 2. The maximum Gasteiger partial charge on any atom is 0.411 e. The average molecular weight is 650 g/mol. The van der Waals surface area contributed by atoms with Gasteiger partial charge < -0.3 is 29.4 Å². The highest BCUT2D eigenvalue weighted by Gasteiger charge is 2.37. The van der Waals surface area contributed by atoms with E-state index in [9.17, 15) is 22.8 Å². The largest absolute Gasteiger partial charge is 0.493 e. The minimum Gasteiger partial charge on any atom is -0.493 e. The fraction of sp³-hybridized carbons (Fsp3) is 0.312. The summed E-state index contributed by atoms with van der Waals surface area (Å²) in [4.78, 5) is 48.0. The number of benzene rings is 3. The van der Waals surface area contributed by atoms with Gasteiger partial charge in [-0.1, -0.05) is 6.07 Å². The highest BCUT2D eigenvalue weighted by molar-refractivity contribution is 7.90. The van der Waals surface area contributed by atoms with Crippen LogP contribution in [-0.2, 0) is 19.4 Å². The fourth-order valence-corrected chi connectivity index (χ4v) is 6.68. The second-order valence-electron chi connectivity index (χ2n) is 10.9. The number of aryl methyl sites for hydroxylation is 1. The van der Waals surface area contributed by atoms with Crippen LogP contribution in [0.1, 0.15) is 41.9 Å². The number of anilines is 2. The number of ether oxygens (including phenoxy) is 3. The van der Waals surface area contributed by atoms with Crippen LogP contribution in [0, 0.1) is 6.92 Å². The number of carbonyl (C=O) groups excluding carboxylic acids is 2. The Bertz CT molecular complexity index is 1980. The molecule has 13 nitrogen and oxygen atoms in total. The van der Waals surface area contributed by atoms with Crippen LogP contribution in [0.4, 0.5) is 16.2 Å². The summed E-state index contributed by atoms with van der Waals surface area (Å²) >= 11 is 0. The van der Waals surface area contributed by atoms with E-state index in [2.05, 4.69) is 20.6 Å². The molecular weight excluding hydrogens is 614 g/mol. The van der Waals surface area contributed by atoms with Gasteiger partial charge in [-0.3, -0.25) is 14.9 Å². The summed E-state index contributed by atoms with van der Waals surface area (Å²) < 4.78 is 41.4. The van der Waals surface area contributed by atoms with Gasteiger partial charge in [-0.15, -0.1) is 0 Å². The van der Waals surface area contributed by atoms with Crippen molar-refractivity contribution in [1.82, 2.24) is 14.9 Å². The Labute approximate surface area is 265 Å². The van der Waals surface area contributed by atoms with E-state index >= 15 is 0 Å². The smallest absolute Gasteiger partial charge is 0.411 e. The van der Waals surface area contributed by atoms with Crippen molar-refractivity contribution < 1.29 is 32.2 Å². The van der Waals surface area contributed by atoms with Crippen LogP contribution < -0.4 is 25.7 Å². The third-order valence-corrected chi connectivity index (χ3v) is 9.03. The maximum absolute atomic E-state index is 14.6. The summed E-state index contributed by atoms with van der Waals surface area (Å²) in [5.74, 6) is 1.03. The first-order valence-corrected chi connectivity index (χ1v) is 16.3. The lowest BCUT2D eigenvalue weighted by molar-refractivity contribution is -0.133. The number of carbonyl (C=O) groups is 2. The number of nitrogens with one attached hydrogen (secondary N) is 3. The molecule has 2 amide bonds. The van der Waals surface area contributed by atoms with Gasteiger partial charge in [-0.25, -0.2) is 18.2 Å². The third-order valence-electron chi connectivity index (χ3n) is 7.86. The molecule has 0 aliphatic carbocycles. The number of likely N-dealkylation sites (tertiary alicyclic amines) is 1. The van der Waals surface area contributed by atoms with E-state index in [0.29, 0.717) is 70.1 Å². The normalized spacial score (nSPS) is 15.3. The van der Waals surface area contributed by atoms with Crippen molar-refractivity contribution in [3.8, 4) is 11.5 Å². The molecule has 2 atom stereocenters. The number of sulfone groups is 1. The Kier molecular flexibility index (Phi) is 9.19. The first kappa shape index (κ1) is 32.3.